The van der Waals surface area contributed by atoms with E-state index in [-0.39, 0.29) is 31.9 Å². The van der Waals surface area contributed by atoms with Gasteiger partial charge in [-0.15, -0.1) is 13.2 Å². The van der Waals surface area contributed by atoms with Gasteiger partial charge >= 0.3 is 6.36 Å². The summed E-state index contributed by atoms with van der Waals surface area (Å²) in [6.07, 6.45) is -5.87. The Balaban J connectivity index is 1.60. The minimum Gasteiger partial charge on any atom is -0.484 e. The number of hydrogen-bond acceptors (Lipinski definition) is 6. The third kappa shape index (κ3) is 10.6. The summed E-state index contributed by atoms with van der Waals surface area (Å²) in [5, 5.41) is 15.3. The first kappa shape index (κ1) is 27.0. The number of aliphatic hydroxyl groups excluding tert-OH is 1. The highest BCUT2D eigenvalue weighted by Crippen LogP contribution is 2.28. The Labute approximate surface area is 196 Å². The van der Waals surface area contributed by atoms with Crippen molar-refractivity contribution in [1.82, 2.24) is 10.6 Å². The molecule has 0 fully saturated rings. The van der Waals surface area contributed by atoms with Crippen LogP contribution in [0.4, 0.5) is 17.6 Å². The van der Waals surface area contributed by atoms with E-state index >= 15 is 0 Å². The van der Waals surface area contributed by atoms with E-state index in [1.54, 1.807) is 24.3 Å². The summed E-state index contributed by atoms with van der Waals surface area (Å²) < 4.78 is 63.7. The second-order valence-corrected chi connectivity index (χ2v) is 7.20. The van der Waals surface area contributed by atoms with Crippen molar-refractivity contribution >= 4 is 23.4 Å². The Bertz CT molecular complexity index is 959. The third-order valence-corrected chi connectivity index (χ3v) is 4.27. The van der Waals surface area contributed by atoms with Crippen LogP contribution >= 0.6 is 11.6 Å². The fourth-order valence-corrected chi connectivity index (χ4v) is 2.55. The molecule has 8 nitrogen and oxygen atoms in total. The number of rotatable bonds is 12. The summed E-state index contributed by atoms with van der Waals surface area (Å²) in [5.74, 6) is -3.11. The monoisotopic (exact) mass is 508 g/mol. The zero-order valence-corrected chi connectivity index (χ0v) is 18.3. The molecule has 186 valence electrons. The van der Waals surface area contributed by atoms with Gasteiger partial charge in [0.25, 0.3) is 11.8 Å². The molecule has 2 aromatic rings. The molecule has 0 heterocycles. The average molecular weight is 509 g/mol. The van der Waals surface area contributed by atoms with Crippen LogP contribution in [0.1, 0.15) is 6.42 Å². The fourth-order valence-electron chi connectivity index (χ4n) is 2.42. The smallest absolute Gasteiger partial charge is 0.484 e. The highest BCUT2D eigenvalue weighted by molar-refractivity contribution is 6.30. The number of benzene rings is 2. The molecule has 2 amide bonds. The Morgan fingerprint density at radius 1 is 0.971 bits per heavy atom. The van der Waals surface area contributed by atoms with Gasteiger partial charge in [0.15, 0.2) is 24.8 Å². The molecule has 1 atom stereocenters. The van der Waals surface area contributed by atoms with Crippen molar-refractivity contribution in [3.05, 3.63) is 53.3 Å². The van der Waals surface area contributed by atoms with Crippen LogP contribution < -0.4 is 24.8 Å². The maximum absolute atomic E-state index is 13.6. The molecule has 0 aliphatic rings. The molecule has 13 heteroatoms. The topological polar surface area (TPSA) is 106 Å². The number of hydrogen-bond donors (Lipinski definition) is 3. The zero-order valence-electron chi connectivity index (χ0n) is 17.5. The first-order valence-corrected chi connectivity index (χ1v) is 10.2. The maximum atomic E-state index is 13.6. The number of halogens is 5. The van der Waals surface area contributed by atoms with Crippen molar-refractivity contribution < 1.29 is 46.5 Å². The van der Waals surface area contributed by atoms with Crippen molar-refractivity contribution in [2.45, 2.75) is 18.9 Å². The Hall–Kier alpha value is -3.25. The molecule has 0 aliphatic heterocycles. The molecule has 2 rings (SSSR count). The molecule has 2 aromatic carbocycles. The van der Waals surface area contributed by atoms with Gasteiger partial charge in [-0.3, -0.25) is 9.59 Å². The summed E-state index contributed by atoms with van der Waals surface area (Å²) in [7, 11) is 0. The van der Waals surface area contributed by atoms with Gasteiger partial charge in [0.05, 0.1) is 6.10 Å². The molecule has 0 bridgehead atoms. The third-order valence-electron chi connectivity index (χ3n) is 4.02. The van der Waals surface area contributed by atoms with Crippen molar-refractivity contribution in [2.24, 2.45) is 0 Å². The molecule has 0 aromatic heterocycles. The number of carbonyl (C=O) groups is 2. The predicted molar refractivity (Wildman–Crippen MR) is 112 cm³/mol. The van der Waals surface area contributed by atoms with Crippen molar-refractivity contribution in [1.29, 1.82) is 0 Å². The lowest BCUT2D eigenvalue weighted by atomic mass is 10.2. The minimum atomic E-state index is -5.04. The quantitative estimate of drug-likeness (QED) is 0.381. The van der Waals surface area contributed by atoms with E-state index in [0.29, 0.717) is 16.8 Å². The molecule has 0 saturated heterocycles. The molecule has 3 N–H and O–H groups in total. The summed E-state index contributed by atoms with van der Waals surface area (Å²) in [6, 6.07) is 8.81. The van der Waals surface area contributed by atoms with Gasteiger partial charge in [-0.05, 0) is 42.8 Å². The molecule has 0 unspecified atom stereocenters. The van der Waals surface area contributed by atoms with Crippen LogP contribution in [0.3, 0.4) is 0 Å². The number of aliphatic hydroxyl groups is 1. The number of alkyl halides is 3. The highest BCUT2D eigenvalue weighted by atomic mass is 35.5. The second kappa shape index (κ2) is 12.8. The summed E-state index contributed by atoms with van der Waals surface area (Å²) in [5.41, 5.74) is 0. The van der Waals surface area contributed by atoms with Crippen LogP contribution in [-0.4, -0.2) is 55.7 Å². The minimum absolute atomic E-state index is 0.0488. The van der Waals surface area contributed by atoms with Crippen LogP contribution in [0.25, 0.3) is 0 Å². The van der Waals surface area contributed by atoms with E-state index in [1.807, 2.05) is 0 Å². The van der Waals surface area contributed by atoms with Crippen molar-refractivity contribution in [3.8, 4) is 17.2 Å². The van der Waals surface area contributed by atoms with Crippen molar-refractivity contribution in [2.75, 3.05) is 26.3 Å². The standard InChI is InChI=1S/C21H21ClF4N2O6/c22-13-1-3-15(4-2-13)32-12-20(31)28-10-14(29)7-8-27-19(30)11-33-16-5-6-18(17(23)9-16)34-21(24,25)26/h1-6,9,14,29H,7-8,10-12H2,(H,27,30)(H,28,31)/t14-/m0/s1. The molecule has 34 heavy (non-hydrogen) atoms. The Morgan fingerprint density at radius 3 is 2.18 bits per heavy atom. The SMILES string of the molecule is O=C(COc1ccc(OC(F)(F)F)c(F)c1)NCC[C@H](O)CNC(=O)COc1ccc(Cl)cc1. The van der Waals surface area contributed by atoms with E-state index in [0.717, 1.165) is 12.1 Å². The van der Waals surface area contributed by atoms with E-state index in [4.69, 9.17) is 21.1 Å². The lowest BCUT2D eigenvalue weighted by molar-refractivity contribution is -0.275. The van der Waals surface area contributed by atoms with Crippen molar-refractivity contribution in [3.63, 3.8) is 0 Å². The van der Waals surface area contributed by atoms with Gasteiger partial charge in [-0.25, -0.2) is 4.39 Å². The summed E-state index contributed by atoms with van der Waals surface area (Å²) in [6.45, 7) is -0.811. The Kier molecular flexibility index (Phi) is 10.2. The van der Waals surface area contributed by atoms with Crippen LogP contribution in [-0.2, 0) is 9.59 Å². The van der Waals surface area contributed by atoms with Gasteiger partial charge in [-0.2, -0.15) is 0 Å². The van der Waals surface area contributed by atoms with Gasteiger partial charge in [0.1, 0.15) is 11.5 Å². The molecule has 0 spiro atoms. The largest absolute Gasteiger partial charge is 0.573 e. The molecule has 0 radical (unpaired) electrons. The summed E-state index contributed by atoms with van der Waals surface area (Å²) in [4.78, 5) is 23.5. The number of carbonyl (C=O) groups excluding carboxylic acids is 2. The second-order valence-electron chi connectivity index (χ2n) is 6.77. The van der Waals surface area contributed by atoms with E-state index in [2.05, 4.69) is 15.4 Å². The molecule has 0 aliphatic carbocycles. The molecular weight excluding hydrogens is 488 g/mol. The lowest BCUT2D eigenvalue weighted by Gasteiger charge is -2.13. The predicted octanol–water partition coefficient (Wildman–Crippen LogP) is 2.82. The Morgan fingerprint density at radius 2 is 1.56 bits per heavy atom. The first-order valence-electron chi connectivity index (χ1n) is 9.80. The number of nitrogens with one attached hydrogen (secondary N) is 2. The van der Waals surface area contributed by atoms with E-state index < -0.39 is 42.5 Å². The van der Waals surface area contributed by atoms with Crippen LogP contribution in [0.5, 0.6) is 17.2 Å². The first-order chi connectivity index (χ1) is 16.0. The van der Waals surface area contributed by atoms with Gasteiger partial charge < -0.3 is 30.0 Å². The van der Waals surface area contributed by atoms with E-state index in [1.165, 1.54) is 0 Å². The zero-order chi connectivity index (χ0) is 25.1. The number of amides is 2. The van der Waals surface area contributed by atoms with Crippen LogP contribution in [0.2, 0.25) is 5.02 Å². The lowest BCUT2D eigenvalue weighted by Crippen LogP contribution is -2.37. The van der Waals surface area contributed by atoms with Crippen LogP contribution in [0.15, 0.2) is 42.5 Å². The van der Waals surface area contributed by atoms with Gasteiger partial charge in [0, 0.05) is 24.2 Å². The van der Waals surface area contributed by atoms with Crippen LogP contribution in [0, 0.1) is 5.82 Å². The van der Waals surface area contributed by atoms with Gasteiger partial charge in [0.2, 0.25) is 0 Å². The normalized spacial score (nSPS) is 11.9. The highest BCUT2D eigenvalue weighted by Gasteiger charge is 2.32. The number of ether oxygens (including phenoxy) is 3. The maximum Gasteiger partial charge on any atom is 0.573 e. The molecular formula is C21H21ClF4N2O6. The fraction of sp³-hybridized carbons (Fsp3) is 0.333. The van der Waals surface area contributed by atoms with E-state index in [9.17, 15) is 32.3 Å². The van der Waals surface area contributed by atoms with Gasteiger partial charge in [-0.1, -0.05) is 11.6 Å². The summed E-state index contributed by atoms with van der Waals surface area (Å²) >= 11 is 5.75. The molecule has 0 saturated carbocycles. The average Bonchev–Trinajstić information content (AvgIpc) is 2.76.